The lowest BCUT2D eigenvalue weighted by Gasteiger charge is -2.26. The molecule has 1 aliphatic carbocycles. The highest BCUT2D eigenvalue weighted by atomic mass is 32.1. The molecule has 0 saturated heterocycles. The molecule has 1 fully saturated rings. The first-order valence-electron chi connectivity index (χ1n) is 6.83. The van der Waals surface area contributed by atoms with Crippen molar-refractivity contribution in [2.75, 3.05) is 7.11 Å². The van der Waals surface area contributed by atoms with Gasteiger partial charge in [-0.15, -0.1) is 11.3 Å². The average Bonchev–Trinajstić information content (AvgIpc) is 2.82. The summed E-state index contributed by atoms with van der Waals surface area (Å²) in [5, 5.41) is 3.81. The summed E-state index contributed by atoms with van der Waals surface area (Å²) in [4.78, 5) is 0. The molecular formula is C16H20OS. The SMILES string of the molecule is COc1ccc2c(C3CCC(C)CC3)csc2c1. The lowest BCUT2D eigenvalue weighted by atomic mass is 9.79. The van der Waals surface area contributed by atoms with Crippen LogP contribution in [0.25, 0.3) is 10.1 Å². The Morgan fingerprint density at radius 3 is 2.67 bits per heavy atom. The maximum absolute atomic E-state index is 5.30. The van der Waals surface area contributed by atoms with Crippen molar-refractivity contribution in [1.29, 1.82) is 0 Å². The van der Waals surface area contributed by atoms with Crippen LogP contribution in [0.2, 0.25) is 0 Å². The van der Waals surface area contributed by atoms with E-state index in [2.05, 4.69) is 30.5 Å². The van der Waals surface area contributed by atoms with Crippen LogP contribution >= 0.6 is 11.3 Å². The van der Waals surface area contributed by atoms with Gasteiger partial charge in [0.1, 0.15) is 5.75 Å². The van der Waals surface area contributed by atoms with E-state index in [4.69, 9.17) is 4.74 Å². The van der Waals surface area contributed by atoms with Crippen molar-refractivity contribution < 1.29 is 4.74 Å². The van der Waals surface area contributed by atoms with Crippen molar-refractivity contribution in [1.82, 2.24) is 0 Å². The van der Waals surface area contributed by atoms with Gasteiger partial charge in [-0.05, 0) is 59.2 Å². The second-order valence-corrected chi connectivity index (χ2v) is 6.42. The molecular weight excluding hydrogens is 240 g/mol. The molecule has 0 aliphatic heterocycles. The number of rotatable bonds is 2. The van der Waals surface area contributed by atoms with Gasteiger partial charge in [0, 0.05) is 4.70 Å². The van der Waals surface area contributed by atoms with Gasteiger partial charge in [-0.25, -0.2) is 0 Å². The number of hydrogen-bond acceptors (Lipinski definition) is 2. The molecule has 18 heavy (non-hydrogen) atoms. The molecule has 0 atom stereocenters. The minimum absolute atomic E-state index is 0.781. The van der Waals surface area contributed by atoms with Crippen LogP contribution in [0.4, 0.5) is 0 Å². The zero-order valence-corrected chi connectivity index (χ0v) is 11.9. The van der Waals surface area contributed by atoms with Crippen LogP contribution in [0.15, 0.2) is 23.6 Å². The normalized spacial score (nSPS) is 24.3. The standard InChI is InChI=1S/C16H20OS/c1-11-3-5-12(6-4-11)15-10-18-16-9-13(17-2)7-8-14(15)16/h7-12H,3-6H2,1-2H3. The topological polar surface area (TPSA) is 9.23 Å². The zero-order chi connectivity index (χ0) is 12.5. The molecule has 1 aromatic carbocycles. The number of fused-ring (bicyclic) bond motifs is 1. The van der Waals surface area contributed by atoms with Crippen LogP contribution in [-0.2, 0) is 0 Å². The van der Waals surface area contributed by atoms with Crippen molar-refractivity contribution >= 4 is 21.4 Å². The summed E-state index contributed by atoms with van der Waals surface area (Å²) < 4.78 is 6.66. The summed E-state index contributed by atoms with van der Waals surface area (Å²) in [5.74, 6) is 2.67. The lowest BCUT2D eigenvalue weighted by molar-refractivity contribution is 0.349. The first kappa shape index (κ1) is 12.0. The van der Waals surface area contributed by atoms with Gasteiger partial charge in [-0.2, -0.15) is 0 Å². The van der Waals surface area contributed by atoms with E-state index < -0.39 is 0 Å². The van der Waals surface area contributed by atoms with E-state index in [1.54, 1.807) is 12.7 Å². The van der Waals surface area contributed by atoms with Gasteiger partial charge in [-0.1, -0.05) is 19.8 Å². The highest BCUT2D eigenvalue weighted by Crippen LogP contribution is 2.41. The molecule has 0 radical (unpaired) electrons. The maximum Gasteiger partial charge on any atom is 0.120 e. The number of thiophene rings is 1. The Labute approximate surface area is 113 Å². The molecule has 1 aliphatic rings. The molecule has 0 spiro atoms. The first-order chi connectivity index (χ1) is 8.78. The number of hydrogen-bond donors (Lipinski definition) is 0. The van der Waals surface area contributed by atoms with E-state index in [-0.39, 0.29) is 0 Å². The first-order valence-corrected chi connectivity index (χ1v) is 7.71. The van der Waals surface area contributed by atoms with Crippen LogP contribution in [0.3, 0.4) is 0 Å². The summed E-state index contributed by atoms with van der Waals surface area (Å²) in [6.07, 6.45) is 5.49. The molecule has 2 aromatic rings. The molecule has 0 bridgehead atoms. The van der Waals surface area contributed by atoms with E-state index in [1.165, 1.54) is 35.8 Å². The van der Waals surface area contributed by atoms with E-state index in [1.807, 2.05) is 11.3 Å². The van der Waals surface area contributed by atoms with E-state index in [0.29, 0.717) is 0 Å². The fourth-order valence-corrected chi connectivity index (χ4v) is 4.11. The van der Waals surface area contributed by atoms with Crippen molar-refractivity contribution in [3.8, 4) is 5.75 Å². The molecule has 3 rings (SSSR count). The molecule has 1 nitrogen and oxygen atoms in total. The van der Waals surface area contributed by atoms with Crippen LogP contribution in [-0.4, -0.2) is 7.11 Å². The minimum atomic E-state index is 0.781. The summed E-state index contributed by atoms with van der Waals surface area (Å²) in [6, 6.07) is 6.48. The van der Waals surface area contributed by atoms with Crippen LogP contribution in [0.5, 0.6) is 5.75 Å². The molecule has 96 valence electrons. The van der Waals surface area contributed by atoms with Crippen molar-refractivity contribution in [2.24, 2.45) is 5.92 Å². The van der Waals surface area contributed by atoms with Gasteiger partial charge in [0.15, 0.2) is 0 Å². The van der Waals surface area contributed by atoms with Gasteiger partial charge < -0.3 is 4.74 Å². The molecule has 1 heterocycles. The van der Waals surface area contributed by atoms with Crippen molar-refractivity contribution in [2.45, 2.75) is 38.5 Å². The smallest absolute Gasteiger partial charge is 0.120 e. The Morgan fingerprint density at radius 2 is 1.94 bits per heavy atom. The van der Waals surface area contributed by atoms with Gasteiger partial charge in [0.25, 0.3) is 0 Å². The third-order valence-electron chi connectivity index (χ3n) is 4.27. The summed E-state index contributed by atoms with van der Waals surface area (Å²) in [5.41, 5.74) is 1.57. The fraction of sp³-hybridized carbons (Fsp3) is 0.500. The predicted octanol–water partition coefficient (Wildman–Crippen LogP) is 5.20. The molecule has 1 saturated carbocycles. The third kappa shape index (κ3) is 2.14. The van der Waals surface area contributed by atoms with Gasteiger partial charge in [-0.3, -0.25) is 0 Å². The Kier molecular flexibility index (Phi) is 3.29. The summed E-state index contributed by atoms with van der Waals surface area (Å²) in [7, 11) is 1.73. The molecule has 2 heteroatoms. The molecule has 1 aromatic heterocycles. The van der Waals surface area contributed by atoms with Crippen LogP contribution in [0, 0.1) is 5.92 Å². The molecule has 0 N–H and O–H groups in total. The van der Waals surface area contributed by atoms with Crippen molar-refractivity contribution in [3.05, 3.63) is 29.1 Å². The Balaban J connectivity index is 1.93. The lowest BCUT2D eigenvalue weighted by Crippen LogP contribution is -2.10. The predicted molar refractivity (Wildman–Crippen MR) is 78.8 cm³/mol. The van der Waals surface area contributed by atoms with Crippen LogP contribution < -0.4 is 4.74 Å². The Morgan fingerprint density at radius 1 is 1.17 bits per heavy atom. The summed E-state index contributed by atoms with van der Waals surface area (Å²) >= 11 is 1.86. The monoisotopic (exact) mass is 260 g/mol. The summed E-state index contributed by atoms with van der Waals surface area (Å²) in [6.45, 7) is 2.38. The van der Waals surface area contributed by atoms with E-state index in [9.17, 15) is 0 Å². The molecule has 0 unspecified atom stereocenters. The second kappa shape index (κ2) is 4.93. The minimum Gasteiger partial charge on any atom is -0.497 e. The van der Waals surface area contributed by atoms with Gasteiger partial charge in [0.2, 0.25) is 0 Å². The van der Waals surface area contributed by atoms with Crippen molar-refractivity contribution in [3.63, 3.8) is 0 Å². The van der Waals surface area contributed by atoms with E-state index >= 15 is 0 Å². The Hall–Kier alpha value is -1.02. The second-order valence-electron chi connectivity index (χ2n) is 5.51. The number of benzene rings is 1. The Bertz CT molecular complexity index is 535. The average molecular weight is 260 g/mol. The quantitative estimate of drug-likeness (QED) is 0.720. The highest BCUT2D eigenvalue weighted by Gasteiger charge is 2.22. The maximum atomic E-state index is 5.30. The number of ether oxygens (including phenoxy) is 1. The van der Waals surface area contributed by atoms with Gasteiger partial charge >= 0.3 is 0 Å². The fourth-order valence-electron chi connectivity index (χ4n) is 3.04. The number of methoxy groups -OCH3 is 1. The highest BCUT2D eigenvalue weighted by molar-refractivity contribution is 7.17. The van der Waals surface area contributed by atoms with Gasteiger partial charge in [0.05, 0.1) is 7.11 Å². The zero-order valence-electron chi connectivity index (χ0n) is 11.1. The van der Waals surface area contributed by atoms with Crippen LogP contribution in [0.1, 0.15) is 44.1 Å². The van der Waals surface area contributed by atoms with E-state index in [0.717, 1.165) is 17.6 Å². The largest absolute Gasteiger partial charge is 0.497 e. The molecule has 0 amide bonds. The third-order valence-corrected chi connectivity index (χ3v) is 5.23.